The maximum Gasteiger partial charge on any atom is 0.0633 e. The minimum Gasteiger partial charge on any atom is -0.305 e. The lowest BCUT2D eigenvalue weighted by Crippen LogP contribution is -2.13. The van der Waals surface area contributed by atoms with Gasteiger partial charge in [-0.25, -0.2) is 0 Å². The predicted octanol–water partition coefficient (Wildman–Crippen LogP) is 1.95. The van der Waals surface area contributed by atoms with Crippen LogP contribution in [0.3, 0.4) is 0 Å². The average molecular weight is 335 g/mol. The molecule has 7 heteroatoms. The number of aromatic nitrogens is 4. The van der Waals surface area contributed by atoms with Crippen LogP contribution < -0.4 is 5.32 Å². The zero-order valence-corrected chi connectivity index (χ0v) is 10.9. The van der Waals surface area contributed by atoms with Crippen LogP contribution in [0, 0.1) is 0 Å². The Morgan fingerprint density at radius 1 is 1.00 bits per heavy atom. The molecule has 5 nitrogen and oxygen atoms in total. The Kier molecular flexibility index (Phi) is 3.55. The Balaban J connectivity index is 1.86. The molecule has 0 aliphatic heterocycles. The second-order valence-electron chi connectivity index (χ2n) is 3.00. The third-order valence-corrected chi connectivity index (χ3v) is 3.30. The molecular weight excluding hydrogens is 326 g/mol. The van der Waals surface area contributed by atoms with E-state index >= 15 is 0 Å². The van der Waals surface area contributed by atoms with Crippen molar-refractivity contribution in [2.45, 2.75) is 13.1 Å². The first-order chi connectivity index (χ1) is 7.27. The summed E-state index contributed by atoms with van der Waals surface area (Å²) in [5.41, 5.74) is 2.07. The highest BCUT2D eigenvalue weighted by molar-refractivity contribution is 9.10. The highest BCUT2D eigenvalue weighted by Gasteiger charge is 2.03. The lowest BCUT2D eigenvalue weighted by molar-refractivity contribution is 0.660. The van der Waals surface area contributed by atoms with E-state index in [2.05, 4.69) is 57.6 Å². The lowest BCUT2D eigenvalue weighted by Gasteiger charge is -2.01. The molecule has 2 aromatic heterocycles. The van der Waals surface area contributed by atoms with Gasteiger partial charge < -0.3 is 5.32 Å². The molecule has 15 heavy (non-hydrogen) atoms. The summed E-state index contributed by atoms with van der Waals surface area (Å²) in [7, 11) is 0. The fraction of sp³-hybridized carbons (Fsp3) is 0.250. The van der Waals surface area contributed by atoms with E-state index in [4.69, 9.17) is 0 Å². The molecule has 0 fully saturated rings. The summed E-state index contributed by atoms with van der Waals surface area (Å²) in [6.45, 7) is 1.46. The predicted molar refractivity (Wildman–Crippen MR) is 63.1 cm³/mol. The van der Waals surface area contributed by atoms with Crippen molar-refractivity contribution in [3.63, 3.8) is 0 Å². The summed E-state index contributed by atoms with van der Waals surface area (Å²) in [5.74, 6) is 0. The van der Waals surface area contributed by atoms with Crippen molar-refractivity contribution in [2.75, 3.05) is 0 Å². The number of H-pyrrole nitrogens is 2. The summed E-state index contributed by atoms with van der Waals surface area (Å²) in [6.07, 6.45) is 3.48. The van der Waals surface area contributed by atoms with Gasteiger partial charge in [0.2, 0.25) is 0 Å². The molecule has 0 bridgehead atoms. The maximum absolute atomic E-state index is 3.91. The van der Waals surface area contributed by atoms with Gasteiger partial charge in [-0.05, 0) is 31.9 Å². The molecule has 0 aliphatic rings. The lowest BCUT2D eigenvalue weighted by atomic mass is 10.4. The summed E-state index contributed by atoms with van der Waals surface area (Å²) < 4.78 is 1.97. The summed E-state index contributed by atoms with van der Waals surface area (Å²) in [5, 5.41) is 16.9. The van der Waals surface area contributed by atoms with Gasteiger partial charge in [-0.2, -0.15) is 10.2 Å². The van der Waals surface area contributed by atoms with E-state index in [0.717, 1.165) is 33.4 Å². The Morgan fingerprint density at radius 2 is 1.47 bits per heavy atom. The SMILES string of the molecule is Brc1cn[nH]c1CNCc1[nH]ncc1Br. The van der Waals surface area contributed by atoms with Crippen molar-refractivity contribution in [1.82, 2.24) is 25.7 Å². The number of rotatable bonds is 4. The number of hydrogen-bond donors (Lipinski definition) is 3. The van der Waals surface area contributed by atoms with Crippen LogP contribution in [0.5, 0.6) is 0 Å². The number of halogens is 2. The highest BCUT2D eigenvalue weighted by Crippen LogP contribution is 2.14. The quantitative estimate of drug-likeness (QED) is 0.800. The van der Waals surface area contributed by atoms with Gasteiger partial charge in [-0.1, -0.05) is 0 Å². The Bertz CT molecular complexity index is 395. The van der Waals surface area contributed by atoms with Gasteiger partial charge in [-0.3, -0.25) is 10.2 Å². The van der Waals surface area contributed by atoms with Crippen molar-refractivity contribution < 1.29 is 0 Å². The minimum absolute atomic E-state index is 0.728. The second kappa shape index (κ2) is 4.91. The number of aromatic amines is 2. The Labute approximate surface area is 103 Å². The fourth-order valence-corrected chi connectivity index (χ4v) is 1.82. The largest absolute Gasteiger partial charge is 0.305 e. The van der Waals surface area contributed by atoms with Gasteiger partial charge in [0.1, 0.15) is 0 Å². The van der Waals surface area contributed by atoms with E-state index < -0.39 is 0 Å². The van der Waals surface area contributed by atoms with Crippen molar-refractivity contribution in [3.05, 3.63) is 32.7 Å². The molecule has 80 valence electrons. The first-order valence-electron chi connectivity index (χ1n) is 4.33. The van der Waals surface area contributed by atoms with Crippen molar-refractivity contribution in [1.29, 1.82) is 0 Å². The molecule has 2 aromatic rings. The Hall–Kier alpha value is -0.660. The fourth-order valence-electron chi connectivity index (χ4n) is 1.16. The van der Waals surface area contributed by atoms with E-state index in [0.29, 0.717) is 0 Å². The summed E-state index contributed by atoms with van der Waals surface area (Å²) in [4.78, 5) is 0. The second-order valence-corrected chi connectivity index (χ2v) is 4.71. The molecule has 0 radical (unpaired) electrons. The third kappa shape index (κ3) is 2.67. The van der Waals surface area contributed by atoms with Crippen LogP contribution in [0.15, 0.2) is 21.3 Å². The molecule has 0 aromatic carbocycles. The first-order valence-corrected chi connectivity index (χ1v) is 5.92. The average Bonchev–Trinajstić information content (AvgIpc) is 2.78. The van der Waals surface area contributed by atoms with E-state index in [1.54, 1.807) is 12.4 Å². The van der Waals surface area contributed by atoms with E-state index in [-0.39, 0.29) is 0 Å². The molecule has 0 atom stereocenters. The van der Waals surface area contributed by atoms with Crippen LogP contribution in [0.2, 0.25) is 0 Å². The summed E-state index contributed by atoms with van der Waals surface area (Å²) >= 11 is 6.79. The molecule has 0 unspecified atom stereocenters. The number of nitrogens with one attached hydrogen (secondary N) is 3. The maximum atomic E-state index is 3.91. The normalized spacial score (nSPS) is 10.8. The van der Waals surface area contributed by atoms with Crippen LogP contribution in [-0.4, -0.2) is 20.4 Å². The van der Waals surface area contributed by atoms with Gasteiger partial charge in [0.05, 0.1) is 32.7 Å². The standard InChI is InChI=1S/C8H9Br2N5/c9-5-1-12-14-7(5)3-11-4-8-6(10)2-13-15-8/h1-2,11H,3-4H2,(H,12,14)(H,13,15). The van der Waals surface area contributed by atoms with Gasteiger partial charge in [0, 0.05) is 13.1 Å². The topological polar surface area (TPSA) is 69.4 Å². The minimum atomic E-state index is 0.728. The van der Waals surface area contributed by atoms with Crippen LogP contribution in [0.4, 0.5) is 0 Å². The van der Waals surface area contributed by atoms with Gasteiger partial charge in [-0.15, -0.1) is 0 Å². The number of hydrogen-bond acceptors (Lipinski definition) is 3. The molecule has 0 saturated carbocycles. The zero-order chi connectivity index (χ0) is 10.7. The zero-order valence-electron chi connectivity index (χ0n) is 7.72. The van der Waals surface area contributed by atoms with Crippen molar-refractivity contribution >= 4 is 31.9 Å². The van der Waals surface area contributed by atoms with Crippen LogP contribution in [0.1, 0.15) is 11.4 Å². The third-order valence-electron chi connectivity index (χ3n) is 1.93. The van der Waals surface area contributed by atoms with Crippen molar-refractivity contribution in [3.8, 4) is 0 Å². The van der Waals surface area contributed by atoms with Gasteiger partial charge >= 0.3 is 0 Å². The van der Waals surface area contributed by atoms with Crippen LogP contribution in [-0.2, 0) is 13.1 Å². The first kappa shape index (κ1) is 10.8. The molecule has 2 heterocycles. The molecule has 3 N–H and O–H groups in total. The number of nitrogens with zero attached hydrogens (tertiary/aromatic N) is 2. The van der Waals surface area contributed by atoms with E-state index in [9.17, 15) is 0 Å². The van der Waals surface area contributed by atoms with E-state index in [1.165, 1.54) is 0 Å². The van der Waals surface area contributed by atoms with Crippen LogP contribution in [0.25, 0.3) is 0 Å². The highest BCUT2D eigenvalue weighted by atomic mass is 79.9. The molecule has 2 rings (SSSR count). The Morgan fingerprint density at radius 3 is 1.80 bits per heavy atom. The monoisotopic (exact) mass is 333 g/mol. The van der Waals surface area contributed by atoms with Crippen molar-refractivity contribution in [2.24, 2.45) is 0 Å². The molecule has 0 spiro atoms. The smallest absolute Gasteiger partial charge is 0.0633 e. The molecule has 0 amide bonds. The molecular formula is C8H9Br2N5. The van der Waals surface area contributed by atoms with Gasteiger partial charge in [0.15, 0.2) is 0 Å². The molecule has 0 saturated heterocycles. The van der Waals surface area contributed by atoms with Crippen LogP contribution >= 0.6 is 31.9 Å². The summed E-state index contributed by atoms with van der Waals surface area (Å²) in [6, 6.07) is 0. The van der Waals surface area contributed by atoms with Gasteiger partial charge in [0.25, 0.3) is 0 Å². The molecule has 0 aliphatic carbocycles. The van der Waals surface area contributed by atoms with E-state index in [1.807, 2.05) is 0 Å².